The van der Waals surface area contributed by atoms with E-state index in [2.05, 4.69) is 37.7 Å². The fourth-order valence-electron chi connectivity index (χ4n) is 2.50. The van der Waals surface area contributed by atoms with Crippen molar-refractivity contribution in [3.63, 3.8) is 0 Å². The quantitative estimate of drug-likeness (QED) is 0.687. The second kappa shape index (κ2) is 8.71. The molecule has 0 aliphatic carbocycles. The number of anilines is 1. The van der Waals surface area contributed by atoms with Gasteiger partial charge in [0.05, 0.1) is 0 Å². The number of nitrogens with zero attached hydrogens (tertiary/aromatic N) is 3. The highest BCUT2D eigenvalue weighted by atomic mass is 16.1. The normalized spacial score (nSPS) is 10.3. The van der Waals surface area contributed by atoms with Crippen molar-refractivity contribution in [2.45, 2.75) is 19.9 Å². The van der Waals surface area contributed by atoms with Crippen LogP contribution in [0.2, 0.25) is 0 Å². The number of rotatable bonds is 7. The minimum atomic E-state index is -0.224. The van der Waals surface area contributed by atoms with Gasteiger partial charge in [-0.2, -0.15) is 0 Å². The predicted octanol–water partition coefficient (Wildman–Crippen LogP) is 2.76. The smallest absolute Gasteiger partial charge is 0.270 e. The Bertz CT molecular complexity index is 853. The van der Waals surface area contributed by atoms with Gasteiger partial charge in [0.1, 0.15) is 5.69 Å². The van der Waals surface area contributed by atoms with Crippen LogP contribution in [0.4, 0.5) is 5.95 Å². The van der Waals surface area contributed by atoms with Crippen molar-refractivity contribution in [3.05, 3.63) is 83.4 Å². The molecular weight excluding hydrogens is 326 g/mol. The van der Waals surface area contributed by atoms with E-state index in [1.54, 1.807) is 18.5 Å². The minimum absolute atomic E-state index is 0.224. The van der Waals surface area contributed by atoms with Crippen molar-refractivity contribution in [2.75, 3.05) is 11.9 Å². The molecule has 0 saturated heterocycles. The number of aromatic nitrogens is 3. The highest BCUT2D eigenvalue weighted by Gasteiger charge is 2.10. The third-order valence-corrected chi connectivity index (χ3v) is 3.83. The van der Waals surface area contributed by atoms with Gasteiger partial charge >= 0.3 is 0 Å². The lowest BCUT2D eigenvalue weighted by Gasteiger charge is -2.09. The minimum Gasteiger partial charge on any atom is -0.354 e. The monoisotopic (exact) mass is 347 g/mol. The highest BCUT2D eigenvalue weighted by Crippen LogP contribution is 2.07. The molecule has 0 aliphatic rings. The van der Waals surface area contributed by atoms with Crippen LogP contribution in [0.15, 0.2) is 60.9 Å². The second-order valence-electron chi connectivity index (χ2n) is 5.92. The fraction of sp³-hybridized carbons (Fsp3) is 0.200. The summed E-state index contributed by atoms with van der Waals surface area (Å²) in [5.74, 6) is 0.244. The summed E-state index contributed by atoms with van der Waals surface area (Å²) in [5.41, 5.74) is 3.33. The maximum Gasteiger partial charge on any atom is 0.270 e. The van der Waals surface area contributed by atoms with Crippen LogP contribution in [0.1, 0.15) is 27.3 Å². The van der Waals surface area contributed by atoms with E-state index in [0.717, 1.165) is 17.7 Å². The first-order valence-corrected chi connectivity index (χ1v) is 8.51. The Labute approximate surface area is 152 Å². The Morgan fingerprint density at radius 2 is 1.77 bits per heavy atom. The van der Waals surface area contributed by atoms with Crippen LogP contribution in [0, 0.1) is 6.92 Å². The SMILES string of the molecule is Cc1cc(C(=O)NCc2ccncc2)nc(NCCc2ccccc2)n1. The van der Waals surface area contributed by atoms with Gasteiger partial charge < -0.3 is 10.6 Å². The summed E-state index contributed by atoms with van der Waals surface area (Å²) < 4.78 is 0. The second-order valence-corrected chi connectivity index (χ2v) is 5.92. The van der Waals surface area contributed by atoms with E-state index < -0.39 is 0 Å². The van der Waals surface area contributed by atoms with Crippen LogP contribution < -0.4 is 10.6 Å². The summed E-state index contributed by atoms with van der Waals surface area (Å²) >= 11 is 0. The van der Waals surface area contributed by atoms with Gasteiger partial charge in [-0.25, -0.2) is 9.97 Å². The van der Waals surface area contributed by atoms with Crippen molar-refractivity contribution < 1.29 is 4.79 Å². The molecule has 6 heteroatoms. The van der Waals surface area contributed by atoms with Crippen molar-refractivity contribution in [1.82, 2.24) is 20.3 Å². The first-order chi connectivity index (χ1) is 12.7. The number of carbonyl (C=O) groups is 1. The Morgan fingerprint density at radius 3 is 2.54 bits per heavy atom. The highest BCUT2D eigenvalue weighted by molar-refractivity contribution is 5.92. The zero-order valence-corrected chi connectivity index (χ0v) is 14.6. The number of nitrogens with one attached hydrogen (secondary N) is 2. The summed E-state index contributed by atoms with van der Waals surface area (Å²) in [6.45, 7) is 2.98. The molecule has 2 heterocycles. The molecule has 0 aliphatic heterocycles. The molecule has 0 unspecified atom stereocenters. The molecule has 2 aromatic heterocycles. The lowest BCUT2D eigenvalue weighted by Crippen LogP contribution is -2.24. The van der Waals surface area contributed by atoms with Crippen LogP contribution in [0.5, 0.6) is 0 Å². The molecule has 2 N–H and O–H groups in total. The van der Waals surface area contributed by atoms with E-state index in [1.165, 1.54) is 5.56 Å². The van der Waals surface area contributed by atoms with Gasteiger partial charge in [-0.3, -0.25) is 9.78 Å². The van der Waals surface area contributed by atoms with Crippen LogP contribution in [-0.4, -0.2) is 27.4 Å². The van der Waals surface area contributed by atoms with E-state index in [0.29, 0.717) is 24.7 Å². The molecular formula is C20H21N5O. The summed E-state index contributed by atoms with van der Waals surface area (Å²) in [6, 6.07) is 15.6. The first kappa shape index (κ1) is 17.5. The molecule has 0 spiro atoms. The lowest BCUT2D eigenvalue weighted by molar-refractivity contribution is 0.0945. The van der Waals surface area contributed by atoms with Crippen molar-refractivity contribution in [1.29, 1.82) is 0 Å². The molecule has 1 amide bonds. The number of hydrogen-bond acceptors (Lipinski definition) is 5. The Hall–Kier alpha value is -3.28. The molecule has 26 heavy (non-hydrogen) atoms. The number of hydrogen-bond donors (Lipinski definition) is 2. The van der Waals surface area contributed by atoms with Gasteiger partial charge in [0.25, 0.3) is 5.91 Å². The molecule has 3 aromatic rings. The number of carbonyl (C=O) groups excluding carboxylic acids is 1. The Morgan fingerprint density at radius 1 is 1.00 bits per heavy atom. The maximum absolute atomic E-state index is 12.4. The van der Waals surface area contributed by atoms with E-state index in [1.807, 2.05) is 37.3 Å². The van der Waals surface area contributed by atoms with Gasteiger partial charge in [0, 0.05) is 31.2 Å². The summed E-state index contributed by atoms with van der Waals surface area (Å²) in [6.07, 6.45) is 4.26. The van der Waals surface area contributed by atoms with Crippen LogP contribution in [0.3, 0.4) is 0 Å². The molecule has 1 aromatic carbocycles. The summed E-state index contributed by atoms with van der Waals surface area (Å²) in [4.78, 5) is 25.0. The van der Waals surface area contributed by atoms with Crippen LogP contribution in [-0.2, 0) is 13.0 Å². The summed E-state index contributed by atoms with van der Waals surface area (Å²) in [5, 5.41) is 6.06. The van der Waals surface area contributed by atoms with Gasteiger partial charge in [0.2, 0.25) is 5.95 Å². The Balaban J connectivity index is 1.58. The molecule has 0 bridgehead atoms. The topological polar surface area (TPSA) is 79.8 Å². The van der Waals surface area contributed by atoms with Crippen molar-refractivity contribution in [2.24, 2.45) is 0 Å². The molecule has 0 saturated carbocycles. The average Bonchev–Trinajstić information content (AvgIpc) is 2.67. The zero-order chi connectivity index (χ0) is 18.2. The number of amides is 1. The fourth-order valence-corrected chi connectivity index (χ4v) is 2.50. The molecule has 6 nitrogen and oxygen atoms in total. The van der Waals surface area contributed by atoms with Gasteiger partial charge in [0.15, 0.2) is 0 Å². The third-order valence-electron chi connectivity index (χ3n) is 3.83. The van der Waals surface area contributed by atoms with Gasteiger partial charge in [-0.1, -0.05) is 30.3 Å². The average molecular weight is 347 g/mol. The predicted molar refractivity (Wildman–Crippen MR) is 101 cm³/mol. The summed E-state index contributed by atoms with van der Waals surface area (Å²) in [7, 11) is 0. The largest absolute Gasteiger partial charge is 0.354 e. The number of pyridine rings is 1. The number of benzene rings is 1. The molecule has 3 rings (SSSR count). The first-order valence-electron chi connectivity index (χ1n) is 8.51. The van der Waals surface area contributed by atoms with E-state index in [4.69, 9.17) is 0 Å². The standard InChI is InChI=1S/C20H21N5O/c1-15-13-18(19(26)23-14-17-7-10-21-11-8-17)25-20(24-15)22-12-9-16-5-3-2-4-6-16/h2-8,10-11,13H,9,12,14H2,1H3,(H,23,26)(H,22,24,25). The van der Waals surface area contributed by atoms with Gasteiger partial charge in [-0.05, 0) is 42.7 Å². The van der Waals surface area contributed by atoms with Crippen LogP contribution in [0.25, 0.3) is 0 Å². The van der Waals surface area contributed by atoms with E-state index in [9.17, 15) is 4.79 Å². The van der Waals surface area contributed by atoms with Gasteiger partial charge in [-0.15, -0.1) is 0 Å². The lowest BCUT2D eigenvalue weighted by atomic mass is 10.1. The zero-order valence-electron chi connectivity index (χ0n) is 14.6. The molecule has 0 radical (unpaired) electrons. The molecule has 132 valence electrons. The third kappa shape index (κ3) is 5.11. The number of aryl methyl sites for hydroxylation is 1. The molecule has 0 atom stereocenters. The van der Waals surface area contributed by atoms with Crippen molar-refractivity contribution >= 4 is 11.9 Å². The molecule has 0 fully saturated rings. The van der Waals surface area contributed by atoms with E-state index in [-0.39, 0.29) is 5.91 Å². The van der Waals surface area contributed by atoms with Crippen LogP contribution >= 0.6 is 0 Å². The van der Waals surface area contributed by atoms with Crippen molar-refractivity contribution in [3.8, 4) is 0 Å². The van der Waals surface area contributed by atoms with E-state index >= 15 is 0 Å². The maximum atomic E-state index is 12.4. The Kier molecular flexibility index (Phi) is 5.88.